The van der Waals surface area contributed by atoms with Crippen molar-refractivity contribution >= 4 is 29.7 Å². The van der Waals surface area contributed by atoms with Crippen LogP contribution in [-0.2, 0) is 9.59 Å². The molecule has 0 bridgehead atoms. The molecule has 0 aromatic heterocycles. The van der Waals surface area contributed by atoms with Crippen LogP contribution in [0.5, 0.6) is 0 Å². The van der Waals surface area contributed by atoms with Crippen LogP contribution in [0, 0.1) is 11.8 Å². The van der Waals surface area contributed by atoms with Crippen LogP contribution in [0.1, 0.15) is 20.3 Å². The van der Waals surface area contributed by atoms with Gasteiger partial charge in [0.25, 0.3) is 0 Å². The highest BCUT2D eigenvalue weighted by atomic mass is 32.2. The van der Waals surface area contributed by atoms with Gasteiger partial charge in [-0.3, -0.25) is 4.79 Å². The molecule has 0 radical (unpaired) electrons. The van der Waals surface area contributed by atoms with Crippen LogP contribution in [0.4, 0.5) is 4.79 Å². The minimum Gasteiger partial charge on any atom is -0.477 e. The van der Waals surface area contributed by atoms with E-state index in [1.54, 1.807) is 6.92 Å². The molecule has 3 rings (SSSR count). The highest BCUT2D eigenvalue weighted by molar-refractivity contribution is 8.03. The number of urea groups is 1. The Kier molecular flexibility index (Phi) is 6.72. The number of β-lactam (4-membered cyclic amide) rings is 1. The smallest absolute Gasteiger partial charge is 0.353 e. The van der Waals surface area contributed by atoms with Crippen molar-refractivity contribution < 1.29 is 24.6 Å². The van der Waals surface area contributed by atoms with E-state index in [2.05, 4.69) is 16.0 Å². The molecule has 6 atom stereocenters. The Hall–Kier alpha value is -1.82. The average Bonchev–Trinajstić information content (AvgIpc) is 3.16. The molecule has 0 aliphatic carbocycles. The van der Waals surface area contributed by atoms with Crippen LogP contribution in [0.2, 0.25) is 0 Å². The Morgan fingerprint density at radius 3 is 2.76 bits per heavy atom. The summed E-state index contributed by atoms with van der Waals surface area (Å²) in [6.07, 6.45) is 0.0703. The maximum absolute atomic E-state index is 12.4. The number of hydrogen-bond donors (Lipinski definition) is 6. The lowest BCUT2D eigenvalue weighted by Crippen LogP contribution is -2.63. The average molecular weight is 428 g/mol. The first kappa shape index (κ1) is 21.9. The van der Waals surface area contributed by atoms with Crippen LogP contribution in [0.25, 0.3) is 0 Å². The molecular formula is C18H29N5O5S. The minimum absolute atomic E-state index is 0.0773. The summed E-state index contributed by atoms with van der Waals surface area (Å²) in [5.74, 6) is -2.04. The molecule has 29 heavy (non-hydrogen) atoms. The number of primary amides is 1. The van der Waals surface area contributed by atoms with Gasteiger partial charge in [-0.05, 0) is 13.3 Å². The van der Waals surface area contributed by atoms with Gasteiger partial charge in [0.1, 0.15) is 5.70 Å². The largest absolute Gasteiger partial charge is 0.477 e. The fourth-order valence-corrected chi connectivity index (χ4v) is 5.95. The van der Waals surface area contributed by atoms with E-state index < -0.39 is 24.0 Å². The second kappa shape index (κ2) is 8.90. The fraction of sp³-hybridized carbons (Fsp3) is 0.722. The van der Waals surface area contributed by atoms with Gasteiger partial charge in [-0.1, -0.05) is 6.92 Å². The third-order valence-electron chi connectivity index (χ3n) is 5.78. The van der Waals surface area contributed by atoms with Gasteiger partial charge in [0.05, 0.1) is 18.1 Å². The summed E-state index contributed by atoms with van der Waals surface area (Å²) in [7, 11) is 0. The highest BCUT2D eigenvalue weighted by Gasteiger charge is 2.60. The third-order valence-corrected chi connectivity index (χ3v) is 7.29. The lowest BCUT2D eigenvalue weighted by Gasteiger charge is -2.46. The van der Waals surface area contributed by atoms with Crippen molar-refractivity contribution in [3.05, 3.63) is 10.6 Å². The Morgan fingerprint density at radius 1 is 1.41 bits per heavy atom. The molecule has 3 heterocycles. The number of amides is 3. The molecule has 0 unspecified atom stereocenters. The molecule has 0 spiro atoms. The predicted octanol–water partition coefficient (Wildman–Crippen LogP) is -1.14. The van der Waals surface area contributed by atoms with Crippen LogP contribution >= 0.6 is 11.8 Å². The molecule has 10 nitrogen and oxygen atoms in total. The molecular weight excluding hydrogens is 398 g/mol. The van der Waals surface area contributed by atoms with Crippen molar-refractivity contribution in [2.45, 2.75) is 43.7 Å². The molecule has 0 aromatic carbocycles. The first-order valence-corrected chi connectivity index (χ1v) is 10.7. The van der Waals surface area contributed by atoms with Crippen molar-refractivity contribution in [1.82, 2.24) is 20.9 Å². The Morgan fingerprint density at radius 2 is 2.14 bits per heavy atom. The number of carbonyl (C=O) groups excluding carboxylic acids is 2. The Labute approximate surface area is 173 Å². The number of rotatable bonds is 9. The molecule has 162 valence electrons. The summed E-state index contributed by atoms with van der Waals surface area (Å²) in [5.41, 5.74) is 5.09. The summed E-state index contributed by atoms with van der Waals surface area (Å²) in [4.78, 5) is 37.0. The number of fused-ring (bicyclic) bond motifs is 1. The van der Waals surface area contributed by atoms with Crippen molar-refractivity contribution in [3.8, 4) is 0 Å². The summed E-state index contributed by atoms with van der Waals surface area (Å²) in [5, 5.41) is 29.0. The molecule has 0 aromatic rings. The van der Waals surface area contributed by atoms with Crippen molar-refractivity contribution in [2.24, 2.45) is 17.6 Å². The van der Waals surface area contributed by atoms with Crippen LogP contribution in [0.15, 0.2) is 10.6 Å². The van der Waals surface area contributed by atoms with Crippen LogP contribution < -0.4 is 21.7 Å². The lowest BCUT2D eigenvalue weighted by atomic mass is 9.79. The first-order chi connectivity index (χ1) is 13.7. The van der Waals surface area contributed by atoms with Crippen molar-refractivity contribution in [1.29, 1.82) is 0 Å². The maximum Gasteiger partial charge on any atom is 0.353 e. The zero-order chi connectivity index (χ0) is 21.3. The third kappa shape index (κ3) is 4.37. The van der Waals surface area contributed by atoms with Crippen LogP contribution in [0.3, 0.4) is 0 Å². The molecule has 0 saturated carbocycles. The Bertz CT molecular complexity index is 715. The predicted molar refractivity (Wildman–Crippen MR) is 108 cm³/mol. The number of hydrogen-bond acceptors (Lipinski definition) is 7. The van der Waals surface area contributed by atoms with Gasteiger partial charge in [-0.25, -0.2) is 9.59 Å². The topological polar surface area (TPSA) is 157 Å². The first-order valence-electron chi connectivity index (χ1n) is 9.85. The van der Waals surface area contributed by atoms with E-state index in [-0.39, 0.29) is 34.9 Å². The molecule has 3 aliphatic heterocycles. The summed E-state index contributed by atoms with van der Waals surface area (Å²) in [6.45, 7) is 6.07. The molecule has 2 fully saturated rings. The van der Waals surface area contributed by atoms with Crippen LogP contribution in [-0.4, -0.2) is 82.6 Å². The lowest BCUT2D eigenvalue weighted by molar-refractivity contribution is -0.163. The van der Waals surface area contributed by atoms with Gasteiger partial charge in [0.2, 0.25) is 5.91 Å². The summed E-state index contributed by atoms with van der Waals surface area (Å²) >= 11 is 1.53. The normalized spacial score (nSPS) is 32.2. The second-order valence-corrected chi connectivity index (χ2v) is 9.19. The number of carbonyl (C=O) groups is 3. The number of nitrogens with one attached hydrogen (secondary N) is 3. The SMILES string of the molecule is C[C@@H](O)[C@H]1C(=O)N2C(C(=O)O)=C(S[C@@H]3CN[C@H](CNCCNC(N)=O)C3)[C@H](C)[C@H]12. The number of aliphatic hydroxyl groups excluding tert-OH is 1. The highest BCUT2D eigenvalue weighted by Crippen LogP contribution is 2.51. The van der Waals surface area contributed by atoms with Gasteiger partial charge in [-0.15, -0.1) is 11.8 Å². The standard InChI is InChI=1S/C18H29N5O5S/c1-8-13-12(9(2)24)16(25)23(13)14(17(26)27)15(8)29-11-5-10(22-7-11)6-20-3-4-21-18(19)28/h8-13,20,22,24H,3-7H2,1-2H3,(H,26,27)(H3,19,21,28)/t8-,9-,10+,11+,12-,13-/m1/s1. The molecule has 3 aliphatic rings. The zero-order valence-corrected chi connectivity index (χ0v) is 17.4. The second-order valence-electron chi connectivity index (χ2n) is 7.85. The van der Waals surface area contributed by atoms with Gasteiger partial charge in [0.15, 0.2) is 0 Å². The monoisotopic (exact) mass is 427 g/mol. The fourth-order valence-electron chi connectivity index (χ4n) is 4.44. The number of aliphatic carboxylic acids is 1. The van der Waals surface area contributed by atoms with E-state index in [0.717, 1.165) is 24.4 Å². The number of nitrogens with zero attached hydrogens (tertiary/aromatic N) is 1. The van der Waals surface area contributed by atoms with Crippen molar-refractivity contribution in [2.75, 3.05) is 26.2 Å². The zero-order valence-electron chi connectivity index (χ0n) is 16.6. The quantitative estimate of drug-likeness (QED) is 0.199. The number of aliphatic hydroxyl groups is 1. The van der Waals surface area contributed by atoms with E-state index in [9.17, 15) is 24.6 Å². The van der Waals surface area contributed by atoms with E-state index in [0.29, 0.717) is 13.1 Å². The summed E-state index contributed by atoms with van der Waals surface area (Å²) < 4.78 is 0. The van der Waals surface area contributed by atoms with Gasteiger partial charge < -0.3 is 36.8 Å². The van der Waals surface area contributed by atoms with Gasteiger partial charge in [0, 0.05) is 48.3 Å². The van der Waals surface area contributed by atoms with Gasteiger partial charge >= 0.3 is 12.0 Å². The van der Waals surface area contributed by atoms with E-state index in [1.807, 2.05) is 6.92 Å². The maximum atomic E-state index is 12.4. The van der Waals surface area contributed by atoms with E-state index >= 15 is 0 Å². The summed E-state index contributed by atoms with van der Waals surface area (Å²) in [6, 6.07) is -0.576. The van der Waals surface area contributed by atoms with Crippen molar-refractivity contribution in [3.63, 3.8) is 0 Å². The number of thioether (sulfide) groups is 1. The minimum atomic E-state index is -1.09. The number of carboxylic acid groups (broad SMARTS) is 1. The van der Waals surface area contributed by atoms with E-state index in [4.69, 9.17) is 5.73 Å². The molecule has 7 N–H and O–H groups in total. The molecule has 2 saturated heterocycles. The Balaban J connectivity index is 1.56. The van der Waals surface area contributed by atoms with Gasteiger partial charge in [-0.2, -0.15) is 0 Å². The number of nitrogens with two attached hydrogens (primary N) is 1. The number of carboxylic acids is 1. The van der Waals surface area contributed by atoms with E-state index in [1.165, 1.54) is 16.7 Å². The molecule has 3 amide bonds. The molecule has 11 heteroatoms.